The van der Waals surface area contributed by atoms with Gasteiger partial charge in [-0.2, -0.15) is 0 Å². The largest absolute Gasteiger partial charge is 0.357 e. The van der Waals surface area contributed by atoms with Crippen molar-refractivity contribution in [1.82, 2.24) is 4.98 Å². The van der Waals surface area contributed by atoms with Gasteiger partial charge in [-0.1, -0.05) is 11.6 Å². The lowest BCUT2D eigenvalue weighted by Crippen LogP contribution is -2.22. The van der Waals surface area contributed by atoms with E-state index in [4.69, 9.17) is 11.6 Å². The lowest BCUT2D eigenvalue weighted by molar-refractivity contribution is 0.603. The number of halogens is 1. The molecular formula is C13H16ClN3O2S2. The zero-order valence-corrected chi connectivity index (χ0v) is 14.1. The fraction of sp³-hybridized carbons (Fsp3) is 0.308. The van der Waals surface area contributed by atoms with Crippen LogP contribution in [-0.2, 0) is 10.0 Å². The minimum atomic E-state index is -3.61. The van der Waals surface area contributed by atoms with Gasteiger partial charge in [0.2, 0.25) is 0 Å². The van der Waals surface area contributed by atoms with E-state index in [1.54, 1.807) is 18.2 Å². The van der Waals surface area contributed by atoms with E-state index in [-0.39, 0.29) is 4.21 Å². The van der Waals surface area contributed by atoms with Crippen LogP contribution >= 0.6 is 22.9 Å². The third-order valence-corrected chi connectivity index (χ3v) is 6.01. The van der Waals surface area contributed by atoms with Crippen molar-refractivity contribution in [3.63, 3.8) is 0 Å². The van der Waals surface area contributed by atoms with Crippen LogP contribution in [0.4, 0.5) is 11.5 Å². The second kappa shape index (κ2) is 6.64. The van der Waals surface area contributed by atoms with Gasteiger partial charge < -0.3 is 4.90 Å². The second-order valence-corrected chi connectivity index (χ2v) is 7.87. The van der Waals surface area contributed by atoms with Gasteiger partial charge in [-0.15, -0.1) is 11.3 Å². The Hall–Kier alpha value is -1.31. The summed E-state index contributed by atoms with van der Waals surface area (Å²) in [7, 11) is -3.61. The Labute approximate surface area is 133 Å². The highest BCUT2D eigenvalue weighted by atomic mass is 35.5. The minimum Gasteiger partial charge on any atom is -0.357 e. The zero-order chi connectivity index (χ0) is 15.5. The molecule has 21 heavy (non-hydrogen) atoms. The Kier molecular flexibility index (Phi) is 5.08. The van der Waals surface area contributed by atoms with Crippen molar-refractivity contribution in [1.29, 1.82) is 0 Å². The monoisotopic (exact) mass is 345 g/mol. The predicted octanol–water partition coefficient (Wildman–Crippen LogP) is 3.44. The third-order valence-electron chi connectivity index (χ3n) is 2.90. The second-order valence-electron chi connectivity index (χ2n) is 4.24. The summed E-state index contributed by atoms with van der Waals surface area (Å²) < 4.78 is 27.4. The van der Waals surface area contributed by atoms with Gasteiger partial charge >= 0.3 is 0 Å². The molecule has 0 aliphatic heterocycles. The van der Waals surface area contributed by atoms with Crippen LogP contribution in [0.1, 0.15) is 13.8 Å². The molecule has 114 valence electrons. The number of rotatable bonds is 6. The van der Waals surface area contributed by atoms with Gasteiger partial charge in [-0.3, -0.25) is 4.72 Å². The maximum Gasteiger partial charge on any atom is 0.271 e. The molecular weight excluding hydrogens is 330 g/mol. The number of thiophene rings is 1. The molecule has 0 bridgehead atoms. The number of sulfonamides is 1. The Bertz CT molecular complexity index is 694. The maximum atomic E-state index is 12.1. The van der Waals surface area contributed by atoms with E-state index in [9.17, 15) is 8.42 Å². The summed E-state index contributed by atoms with van der Waals surface area (Å²) in [5.74, 6) is 0.821. The van der Waals surface area contributed by atoms with Gasteiger partial charge in [0.05, 0.1) is 16.2 Å². The van der Waals surface area contributed by atoms with Crippen LogP contribution in [-0.4, -0.2) is 26.5 Å². The molecule has 0 unspecified atom stereocenters. The van der Waals surface area contributed by atoms with Crippen molar-refractivity contribution in [3.05, 3.63) is 34.8 Å². The molecule has 8 heteroatoms. The molecule has 0 saturated heterocycles. The van der Waals surface area contributed by atoms with E-state index < -0.39 is 10.0 Å². The molecule has 0 aromatic carbocycles. The number of hydrogen-bond donors (Lipinski definition) is 1. The van der Waals surface area contributed by atoms with Crippen LogP contribution in [0.5, 0.6) is 0 Å². The Balaban J connectivity index is 2.17. The number of pyridine rings is 1. The summed E-state index contributed by atoms with van der Waals surface area (Å²) in [4.78, 5) is 6.36. The van der Waals surface area contributed by atoms with Crippen molar-refractivity contribution >= 4 is 44.5 Å². The Morgan fingerprint density at radius 2 is 1.95 bits per heavy atom. The van der Waals surface area contributed by atoms with Crippen LogP contribution in [0.25, 0.3) is 0 Å². The lowest BCUT2D eigenvalue weighted by Gasteiger charge is -2.19. The van der Waals surface area contributed by atoms with Crippen molar-refractivity contribution in [2.24, 2.45) is 0 Å². The fourth-order valence-electron chi connectivity index (χ4n) is 1.83. The normalized spacial score (nSPS) is 11.4. The summed E-state index contributed by atoms with van der Waals surface area (Å²) in [6.07, 6.45) is 1.51. The van der Waals surface area contributed by atoms with Gasteiger partial charge in [0.15, 0.2) is 0 Å². The molecule has 0 amide bonds. The van der Waals surface area contributed by atoms with E-state index in [0.29, 0.717) is 10.0 Å². The molecule has 0 fully saturated rings. The molecule has 0 radical (unpaired) electrons. The zero-order valence-electron chi connectivity index (χ0n) is 11.7. The lowest BCUT2D eigenvalue weighted by atomic mass is 10.4. The van der Waals surface area contributed by atoms with Crippen molar-refractivity contribution < 1.29 is 8.42 Å². The number of nitrogens with one attached hydrogen (secondary N) is 1. The van der Waals surface area contributed by atoms with Crippen LogP contribution in [0, 0.1) is 0 Å². The molecule has 2 rings (SSSR count). The molecule has 1 N–H and O–H groups in total. The first-order chi connectivity index (χ1) is 9.96. The average molecular weight is 346 g/mol. The molecule has 2 aromatic rings. The quantitative estimate of drug-likeness (QED) is 0.871. The number of anilines is 2. The summed E-state index contributed by atoms with van der Waals surface area (Å²) in [6.45, 7) is 5.79. The molecule has 0 spiro atoms. The SMILES string of the molecule is CCN(CC)c1ccc(NS(=O)(=O)c2ccc(Cl)s2)cn1. The molecule has 0 atom stereocenters. The summed E-state index contributed by atoms with van der Waals surface area (Å²) in [5, 5.41) is 0. The van der Waals surface area contributed by atoms with Crippen LogP contribution < -0.4 is 9.62 Å². The highest BCUT2D eigenvalue weighted by Gasteiger charge is 2.17. The Morgan fingerprint density at radius 1 is 1.24 bits per heavy atom. The summed E-state index contributed by atoms with van der Waals surface area (Å²) in [5.41, 5.74) is 0.426. The first-order valence-corrected chi connectivity index (χ1v) is 9.13. The third kappa shape index (κ3) is 3.87. The van der Waals surface area contributed by atoms with Gasteiger partial charge in [-0.25, -0.2) is 13.4 Å². The summed E-state index contributed by atoms with van der Waals surface area (Å²) >= 11 is 6.78. The van der Waals surface area contributed by atoms with E-state index in [0.717, 1.165) is 30.2 Å². The van der Waals surface area contributed by atoms with E-state index >= 15 is 0 Å². The highest BCUT2D eigenvalue weighted by molar-refractivity contribution is 7.94. The average Bonchev–Trinajstić information content (AvgIpc) is 2.89. The highest BCUT2D eigenvalue weighted by Crippen LogP contribution is 2.27. The van der Waals surface area contributed by atoms with Crippen molar-refractivity contribution in [3.8, 4) is 0 Å². The fourth-order valence-corrected chi connectivity index (χ4v) is 4.35. The van der Waals surface area contributed by atoms with E-state index in [2.05, 4.69) is 14.6 Å². The predicted molar refractivity (Wildman–Crippen MR) is 87.9 cm³/mol. The molecule has 0 saturated carbocycles. The molecule has 2 heterocycles. The van der Waals surface area contributed by atoms with Crippen LogP contribution in [0.15, 0.2) is 34.7 Å². The number of hydrogen-bond acceptors (Lipinski definition) is 5. The van der Waals surface area contributed by atoms with E-state index in [1.165, 1.54) is 12.3 Å². The molecule has 0 aliphatic carbocycles. The van der Waals surface area contributed by atoms with Gasteiger partial charge in [-0.05, 0) is 38.1 Å². The van der Waals surface area contributed by atoms with Crippen molar-refractivity contribution in [2.45, 2.75) is 18.1 Å². The van der Waals surface area contributed by atoms with Gasteiger partial charge in [0.25, 0.3) is 10.0 Å². The number of aromatic nitrogens is 1. The topological polar surface area (TPSA) is 62.3 Å². The van der Waals surface area contributed by atoms with Gasteiger partial charge in [0, 0.05) is 13.1 Å². The Morgan fingerprint density at radius 3 is 2.43 bits per heavy atom. The maximum absolute atomic E-state index is 12.1. The van der Waals surface area contributed by atoms with Crippen molar-refractivity contribution in [2.75, 3.05) is 22.7 Å². The molecule has 5 nitrogen and oxygen atoms in total. The summed E-state index contributed by atoms with van der Waals surface area (Å²) in [6, 6.07) is 6.54. The van der Waals surface area contributed by atoms with Crippen LogP contribution in [0.3, 0.4) is 0 Å². The minimum absolute atomic E-state index is 0.181. The smallest absolute Gasteiger partial charge is 0.271 e. The molecule has 2 aromatic heterocycles. The van der Waals surface area contributed by atoms with Gasteiger partial charge in [0.1, 0.15) is 10.0 Å². The molecule has 0 aliphatic rings. The van der Waals surface area contributed by atoms with Crippen LogP contribution in [0.2, 0.25) is 4.34 Å². The first-order valence-electron chi connectivity index (χ1n) is 6.45. The van der Waals surface area contributed by atoms with E-state index in [1.807, 2.05) is 13.8 Å². The first kappa shape index (κ1) is 16.1. The standard InChI is InChI=1S/C13H16ClN3O2S2/c1-3-17(4-2)12-7-5-10(9-15-12)16-21(18,19)13-8-6-11(14)20-13/h5-9,16H,3-4H2,1-2H3. The number of nitrogens with zero attached hydrogens (tertiary/aromatic N) is 2.